The number of H-pyrrole nitrogens is 1. The molecule has 1 N–H and O–H groups in total. The molecule has 2 aliphatic carbocycles. The number of nitrogens with zero attached hydrogens (tertiary/aromatic N) is 1. The molecule has 0 radical (unpaired) electrons. The number of benzene rings is 1. The molecule has 2 atom stereocenters. The van der Waals surface area contributed by atoms with Crippen LogP contribution in [-0.4, -0.2) is 9.78 Å². The van der Waals surface area contributed by atoms with Crippen LogP contribution < -0.4 is 5.56 Å². The Kier molecular flexibility index (Phi) is 2.62. The predicted molar refractivity (Wildman–Crippen MR) is 89.2 cm³/mol. The second-order valence-electron chi connectivity index (χ2n) is 7.59. The Bertz CT molecular complexity index is 825. The fourth-order valence-corrected chi connectivity index (χ4v) is 5.02. The Morgan fingerprint density at radius 2 is 2.05 bits per heavy atom. The van der Waals surface area contributed by atoms with Crippen LogP contribution in [0.1, 0.15) is 56.4 Å². The van der Waals surface area contributed by atoms with Gasteiger partial charge in [0.25, 0.3) is 5.56 Å². The fraction of sp³-hybridized carbons (Fsp3) is 0.500. The third kappa shape index (κ3) is 1.41. The lowest BCUT2D eigenvalue weighted by Gasteiger charge is -2.34. The number of rotatable bonds is 1. The van der Waals surface area contributed by atoms with Crippen LogP contribution in [0.4, 0.5) is 0 Å². The van der Waals surface area contributed by atoms with Gasteiger partial charge in [0, 0.05) is 16.7 Å². The number of aromatic amines is 1. The topological polar surface area (TPSA) is 37.8 Å². The molecule has 1 fully saturated rings. The fourth-order valence-electron chi connectivity index (χ4n) is 4.71. The molecule has 4 heteroatoms. The first-order valence-electron chi connectivity index (χ1n) is 7.90. The summed E-state index contributed by atoms with van der Waals surface area (Å²) >= 11 is 6.36. The molecule has 116 valence electrons. The highest BCUT2D eigenvalue weighted by Gasteiger charge is 2.61. The standard InChI is InChI=1S/C18H21ClN2O/c1-10-6-5-7-12(19)14(10)21-16(22)13-11-8-9-18(4,15(13)20-21)17(11,2)3/h5-7,11,20H,8-9H2,1-4H3/t11-,18+/m1/s1. The van der Waals surface area contributed by atoms with E-state index >= 15 is 0 Å². The monoisotopic (exact) mass is 316 g/mol. The van der Waals surface area contributed by atoms with Crippen molar-refractivity contribution in [2.75, 3.05) is 0 Å². The van der Waals surface area contributed by atoms with Crippen molar-refractivity contribution in [3.05, 3.63) is 50.4 Å². The van der Waals surface area contributed by atoms with Crippen LogP contribution in [0.2, 0.25) is 5.02 Å². The van der Waals surface area contributed by atoms with Crippen LogP contribution in [0.25, 0.3) is 5.69 Å². The SMILES string of the molecule is Cc1cccc(Cl)c1-n1[nH]c2c(c1=O)[C@H]1CC[C@]2(C)C1(C)C. The van der Waals surface area contributed by atoms with Gasteiger partial charge in [0.2, 0.25) is 0 Å². The summed E-state index contributed by atoms with van der Waals surface area (Å²) in [7, 11) is 0. The molecular formula is C18H21ClN2O. The first kappa shape index (κ1) is 14.1. The van der Waals surface area contributed by atoms with Crippen molar-refractivity contribution in [3.63, 3.8) is 0 Å². The van der Waals surface area contributed by atoms with E-state index in [4.69, 9.17) is 11.6 Å². The van der Waals surface area contributed by atoms with Gasteiger partial charge >= 0.3 is 0 Å². The van der Waals surface area contributed by atoms with Gasteiger partial charge in [-0.15, -0.1) is 0 Å². The molecule has 1 heterocycles. The van der Waals surface area contributed by atoms with Crippen LogP contribution in [0.3, 0.4) is 0 Å². The maximum atomic E-state index is 13.1. The number of para-hydroxylation sites is 1. The maximum Gasteiger partial charge on any atom is 0.275 e. The summed E-state index contributed by atoms with van der Waals surface area (Å²) in [5, 5.41) is 4.02. The molecule has 2 bridgehead atoms. The summed E-state index contributed by atoms with van der Waals surface area (Å²) in [6.07, 6.45) is 2.24. The zero-order valence-corrected chi connectivity index (χ0v) is 14.2. The van der Waals surface area contributed by atoms with Gasteiger partial charge in [-0.25, -0.2) is 4.68 Å². The third-order valence-corrected chi connectivity index (χ3v) is 6.77. The van der Waals surface area contributed by atoms with Crippen LogP contribution >= 0.6 is 11.6 Å². The molecule has 0 spiro atoms. The first-order chi connectivity index (χ1) is 10.3. The Morgan fingerprint density at radius 3 is 2.68 bits per heavy atom. The second-order valence-corrected chi connectivity index (χ2v) is 8.00. The average Bonchev–Trinajstić information content (AvgIpc) is 2.94. The predicted octanol–water partition coefficient (Wildman–Crippen LogP) is 4.30. The van der Waals surface area contributed by atoms with Crippen LogP contribution in [-0.2, 0) is 5.41 Å². The first-order valence-corrected chi connectivity index (χ1v) is 8.28. The molecule has 1 aromatic heterocycles. The van der Waals surface area contributed by atoms with E-state index < -0.39 is 0 Å². The molecule has 0 amide bonds. The van der Waals surface area contributed by atoms with Crippen LogP contribution in [0.5, 0.6) is 0 Å². The summed E-state index contributed by atoms with van der Waals surface area (Å²) in [5.74, 6) is 0.347. The lowest BCUT2D eigenvalue weighted by atomic mass is 9.70. The molecule has 0 unspecified atom stereocenters. The quantitative estimate of drug-likeness (QED) is 0.836. The summed E-state index contributed by atoms with van der Waals surface area (Å²) in [6.45, 7) is 8.87. The van der Waals surface area contributed by atoms with Gasteiger partial charge in [-0.1, -0.05) is 44.5 Å². The number of halogens is 1. The Hall–Kier alpha value is -1.48. The lowest BCUT2D eigenvalue weighted by molar-refractivity contribution is 0.224. The number of aryl methyl sites for hydroxylation is 1. The van der Waals surface area contributed by atoms with Crippen LogP contribution in [0, 0.1) is 12.3 Å². The van der Waals surface area contributed by atoms with Gasteiger partial charge in [0.1, 0.15) is 0 Å². The molecule has 2 aromatic rings. The van der Waals surface area contributed by atoms with E-state index in [2.05, 4.69) is 25.9 Å². The number of hydrogen-bond acceptors (Lipinski definition) is 1. The summed E-state index contributed by atoms with van der Waals surface area (Å²) in [5.41, 5.74) is 4.16. The summed E-state index contributed by atoms with van der Waals surface area (Å²) < 4.78 is 1.66. The normalized spacial score (nSPS) is 28.1. The minimum Gasteiger partial charge on any atom is -0.294 e. The lowest BCUT2D eigenvalue weighted by Crippen LogP contribution is -2.33. The van der Waals surface area contributed by atoms with E-state index in [0.29, 0.717) is 10.9 Å². The zero-order valence-electron chi connectivity index (χ0n) is 13.5. The van der Waals surface area contributed by atoms with Crippen molar-refractivity contribution in [1.29, 1.82) is 0 Å². The minimum atomic E-state index is 0.0482. The summed E-state index contributed by atoms with van der Waals surface area (Å²) in [6, 6.07) is 5.74. The Labute approximate surface area is 135 Å². The summed E-state index contributed by atoms with van der Waals surface area (Å²) in [4.78, 5) is 13.1. The number of nitrogens with one attached hydrogen (secondary N) is 1. The number of fused-ring (bicyclic) bond motifs is 5. The van der Waals surface area contributed by atoms with Crippen molar-refractivity contribution >= 4 is 11.6 Å². The van der Waals surface area contributed by atoms with Crippen molar-refractivity contribution in [3.8, 4) is 5.69 Å². The van der Waals surface area contributed by atoms with Gasteiger partial charge in [0.15, 0.2) is 0 Å². The zero-order chi connectivity index (χ0) is 15.9. The van der Waals surface area contributed by atoms with Gasteiger partial charge in [-0.3, -0.25) is 9.89 Å². The Balaban J connectivity index is 2.00. The van der Waals surface area contributed by atoms with Crippen molar-refractivity contribution < 1.29 is 0 Å². The van der Waals surface area contributed by atoms with Crippen molar-refractivity contribution in [2.24, 2.45) is 5.41 Å². The molecular weight excluding hydrogens is 296 g/mol. The molecule has 1 aromatic carbocycles. The average molecular weight is 317 g/mol. The smallest absolute Gasteiger partial charge is 0.275 e. The van der Waals surface area contributed by atoms with Gasteiger partial charge < -0.3 is 0 Å². The van der Waals surface area contributed by atoms with E-state index in [1.165, 1.54) is 0 Å². The third-order valence-electron chi connectivity index (χ3n) is 6.47. The van der Waals surface area contributed by atoms with E-state index in [1.54, 1.807) is 4.68 Å². The van der Waals surface area contributed by atoms with Crippen LogP contribution in [0.15, 0.2) is 23.0 Å². The van der Waals surface area contributed by atoms with Crippen molar-refractivity contribution in [1.82, 2.24) is 9.78 Å². The highest BCUT2D eigenvalue weighted by Crippen LogP contribution is 2.66. The van der Waals surface area contributed by atoms with E-state index in [1.807, 2.05) is 25.1 Å². The maximum absolute atomic E-state index is 13.1. The van der Waals surface area contributed by atoms with Gasteiger partial charge in [-0.05, 0) is 42.7 Å². The highest BCUT2D eigenvalue weighted by molar-refractivity contribution is 6.32. The van der Waals surface area contributed by atoms with Crippen molar-refractivity contribution in [2.45, 2.75) is 51.9 Å². The van der Waals surface area contributed by atoms with Gasteiger partial charge in [0.05, 0.1) is 10.7 Å². The number of hydrogen-bond donors (Lipinski definition) is 1. The van der Waals surface area contributed by atoms with E-state index in [9.17, 15) is 4.79 Å². The second kappa shape index (κ2) is 4.08. The molecule has 3 nitrogen and oxygen atoms in total. The molecule has 22 heavy (non-hydrogen) atoms. The molecule has 1 saturated carbocycles. The van der Waals surface area contributed by atoms with Gasteiger partial charge in [-0.2, -0.15) is 0 Å². The highest BCUT2D eigenvalue weighted by atomic mass is 35.5. The largest absolute Gasteiger partial charge is 0.294 e. The molecule has 0 saturated heterocycles. The van der Waals surface area contributed by atoms with E-state index in [-0.39, 0.29) is 16.4 Å². The minimum absolute atomic E-state index is 0.0482. The molecule has 0 aliphatic heterocycles. The number of aromatic nitrogens is 2. The molecule has 4 rings (SSSR count). The molecule has 2 aliphatic rings. The Morgan fingerprint density at radius 1 is 1.32 bits per heavy atom. The van der Waals surface area contributed by atoms with E-state index in [0.717, 1.165) is 35.3 Å².